The van der Waals surface area contributed by atoms with Gasteiger partial charge in [0.15, 0.2) is 0 Å². The van der Waals surface area contributed by atoms with E-state index in [1.165, 1.54) is 24.3 Å². The highest BCUT2D eigenvalue weighted by molar-refractivity contribution is 7.99. The van der Waals surface area contributed by atoms with Gasteiger partial charge in [-0.15, -0.1) is 0 Å². The highest BCUT2D eigenvalue weighted by Gasteiger charge is 2.16. The predicted octanol–water partition coefficient (Wildman–Crippen LogP) is 0.855. The minimum atomic E-state index is 0.220. The fourth-order valence-corrected chi connectivity index (χ4v) is 2.82. The molecule has 4 heteroatoms. The second kappa shape index (κ2) is 7.12. The van der Waals surface area contributed by atoms with E-state index in [1.807, 2.05) is 18.8 Å². The first-order valence-corrected chi connectivity index (χ1v) is 6.47. The van der Waals surface area contributed by atoms with Crippen LogP contribution in [0.3, 0.4) is 0 Å². The molecule has 0 aliphatic carbocycles. The average Bonchev–Trinajstić information content (AvgIpc) is 2.20. The summed E-state index contributed by atoms with van der Waals surface area (Å²) in [6.07, 6.45) is 3.15. The number of hydrogen-bond donors (Lipinski definition) is 2. The monoisotopic (exact) mass is 216 g/mol. The van der Waals surface area contributed by atoms with Crippen LogP contribution in [0.25, 0.3) is 0 Å². The van der Waals surface area contributed by atoms with E-state index in [0.717, 1.165) is 19.5 Å². The van der Waals surface area contributed by atoms with E-state index < -0.39 is 0 Å². The molecule has 1 aliphatic rings. The summed E-state index contributed by atoms with van der Waals surface area (Å²) in [7, 11) is 1.89. The van der Waals surface area contributed by atoms with Crippen molar-refractivity contribution in [3.05, 3.63) is 0 Å². The Kier molecular flexibility index (Phi) is 6.03. The van der Waals surface area contributed by atoms with Gasteiger partial charge in [0.2, 0.25) is 5.91 Å². The van der Waals surface area contributed by atoms with Gasteiger partial charge in [0.1, 0.15) is 0 Å². The molecule has 0 spiro atoms. The molecule has 1 fully saturated rings. The quantitative estimate of drug-likeness (QED) is 0.670. The molecule has 0 aromatic heterocycles. The molecule has 0 bridgehead atoms. The van der Waals surface area contributed by atoms with E-state index in [0.29, 0.717) is 5.92 Å². The molecule has 2 N–H and O–H groups in total. The largest absolute Gasteiger partial charge is 0.355 e. The molecule has 0 aromatic carbocycles. The van der Waals surface area contributed by atoms with E-state index in [4.69, 9.17) is 0 Å². The Morgan fingerprint density at radius 3 is 2.71 bits per heavy atom. The third-order valence-electron chi connectivity index (χ3n) is 2.51. The topological polar surface area (TPSA) is 41.1 Å². The Labute approximate surface area is 90.4 Å². The van der Waals surface area contributed by atoms with E-state index in [-0.39, 0.29) is 5.91 Å². The summed E-state index contributed by atoms with van der Waals surface area (Å²) in [4.78, 5) is 11.4. The van der Waals surface area contributed by atoms with Gasteiger partial charge in [-0.05, 0) is 37.3 Å². The number of rotatable bonds is 5. The normalized spacial score (nSPS) is 18.1. The van der Waals surface area contributed by atoms with Crippen molar-refractivity contribution in [2.45, 2.75) is 19.3 Å². The second-order valence-electron chi connectivity index (χ2n) is 3.71. The molecule has 0 atom stereocenters. The van der Waals surface area contributed by atoms with E-state index >= 15 is 0 Å². The molecule has 1 heterocycles. The van der Waals surface area contributed by atoms with Crippen LogP contribution in [0.15, 0.2) is 0 Å². The van der Waals surface area contributed by atoms with Gasteiger partial charge < -0.3 is 10.6 Å². The van der Waals surface area contributed by atoms with Crippen molar-refractivity contribution in [1.29, 1.82) is 0 Å². The van der Waals surface area contributed by atoms with Crippen molar-refractivity contribution in [1.82, 2.24) is 10.6 Å². The maximum Gasteiger partial charge on any atom is 0.220 e. The van der Waals surface area contributed by atoms with Crippen molar-refractivity contribution in [2.24, 2.45) is 5.92 Å². The zero-order chi connectivity index (χ0) is 10.2. The summed E-state index contributed by atoms with van der Waals surface area (Å²) in [6.45, 7) is 1.60. The van der Waals surface area contributed by atoms with Gasteiger partial charge in [0.25, 0.3) is 0 Å². The van der Waals surface area contributed by atoms with Crippen molar-refractivity contribution in [3.63, 3.8) is 0 Å². The highest BCUT2D eigenvalue weighted by atomic mass is 32.2. The van der Waals surface area contributed by atoms with Crippen LogP contribution >= 0.6 is 11.8 Å². The molecule has 0 unspecified atom stereocenters. The van der Waals surface area contributed by atoms with E-state index in [1.54, 1.807) is 0 Å². The number of carbonyl (C=O) groups is 1. The zero-order valence-corrected chi connectivity index (χ0v) is 9.66. The van der Waals surface area contributed by atoms with E-state index in [2.05, 4.69) is 10.6 Å². The summed E-state index contributed by atoms with van der Waals surface area (Å²) in [5, 5.41) is 5.93. The zero-order valence-electron chi connectivity index (χ0n) is 8.84. The van der Waals surface area contributed by atoms with Gasteiger partial charge in [-0.1, -0.05) is 0 Å². The lowest BCUT2D eigenvalue weighted by atomic mass is 9.98. The van der Waals surface area contributed by atoms with Gasteiger partial charge in [-0.25, -0.2) is 0 Å². The highest BCUT2D eigenvalue weighted by Crippen LogP contribution is 2.24. The summed E-state index contributed by atoms with van der Waals surface area (Å²) >= 11 is 2.01. The molecular weight excluding hydrogens is 196 g/mol. The number of hydrogen-bond acceptors (Lipinski definition) is 3. The Balaban J connectivity index is 2.06. The smallest absolute Gasteiger partial charge is 0.220 e. The van der Waals surface area contributed by atoms with Crippen LogP contribution in [-0.4, -0.2) is 37.6 Å². The number of nitrogens with one attached hydrogen (secondary N) is 2. The molecule has 82 valence electrons. The van der Waals surface area contributed by atoms with Crippen LogP contribution in [0, 0.1) is 5.92 Å². The minimum Gasteiger partial charge on any atom is -0.355 e. The maximum atomic E-state index is 11.4. The number of thioether (sulfide) groups is 1. The van der Waals surface area contributed by atoms with Crippen molar-refractivity contribution in [2.75, 3.05) is 31.6 Å². The Morgan fingerprint density at radius 1 is 1.36 bits per heavy atom. The summed E-state index contributed by atoms with van der Waals surface area (Å²) in [6, 6.07) is 0. The van der Waals surface area contributed by atoms with Crippen LogP contribution in [0.4, 0.5) is 0 Å². The second-order valence-corrected chi connectivity index (χ2v) is 4.94. The number of amides is 1. The third kappa shape index (κ3) is 4.86. The number of carbonyl (C=O) groups excluding carboxylic acids is 1. The summed E-state index contributed by atoms with van der Waals surface area (Å²) < 4.78 is 0. The average molecular weight is 216 g/mol. The fraction of sp³-hybridized carbons (Fsp3) is 0.900. The molecule has 0 radical (unpaired) electrons. The van der Waals surface area contributed by atoms with Crippen molar-refractivity contribution in [3.8, 4) is 0 Å². The first kappa shape index (κ1) is 11.9. The van der Waals surface area contributed by atoms with Gasteiger partial charge >= 0.3 is 0 Å². The van der Waals surface area contributed by atoms with Gasteiger partial charge in [0, 0.05) is 19.5 Å². The standard InChI is InChI=1S/C10H20N2OS/c1-11-4-5-12-10(13)8-9-2-6-14-7-3-9/h9,11H,2-8H2,1H3,(H,12,13). The minimum absolute atomic E-state index is 0.220. The first-order chi connectivity index (χ1) is 6.83. The first-order valence-electron chi connectivity index (χ1n) is 5.32. The van der Waals surface area contributed by atoms with Gasteiger partial charge in [-0.3, -0.25) is 4.79 Å². The molecule has 0 aromatic rings. The summed E-state index contributed by atoms with van der Waals surface area (Å²) in [5.74, 6) is 3.31. The fourth-order valence-electron chi connectivity index (χ4n) is 1.61. The molecule has 1 saturated heterocycles. The maximum absolute atomic E-state index is 11.4. The van der Waals surface area contributed by atoms with Crippen LogP contribution in [-0.2, 0) is 4.79 Å². The summed E-state index contributed by atoms with van der Waals surface area (Å²) in [5.41, 5.74) is 0. The van der Waals surface area contributed by atoms with Crippen LogP contribution in [0.5, 0.6) is 0 Å². The Morgan fingerprint density at radius 2 is 2.07 bits per heavy atom. The van der Waals surface area contributed by atoms with Crippen molar-refractivity contribution < 1.29 is 4.79 Å². The molecule has 14 heavy (non-hydrogen) atoms. The van der Waals surface area contributed by atoms with E-state index in [9.17, 15) is 4.79 Å². The lowest BCUT2D eigenvalue weighted by molar-refractivity contribution is -0.122. The SMILES string of the molecule is CNCCNC(=O)CC1CCSCC1. The Bertz CT molecular complexity index is 170. The lowest BCUT2D eigenvalue weighted by Gasteiger charge is -2.20. The van der Waals surface area contributed by atoms with Crippen LogP contribution in [0.1, 0.15) is 19.3 Å². The van der Waals surface area contributed by atoms with Crippen LogP contribution < -0.4 is 10.6 Å². The predicted molar refractivity (Wildman–Crippen MR) is 61.6 cm³/mol. The molecular formula is C10H20N2OS. The van der Waals surface area contributed by atoms with Crippen molar-refractivity contribution >= 4 is 17.7 Å². The molecule has 1 amide bonds. The molecule has 3 nitrogen and oxygen atoms in total. The third-order valence-corrected chi connectivity index (χ3v) is 3.56. The van der Waals surface area contributed by atoms with Gasteiger partial charge in [-0.2, -0.15) is 11.8 Å². The van der Waals surface area contributed by atoms with Crippen LogP contribution in [0.2, 0.25) is 0 Å². The molecule has 1 rings (SSSR count). The molecule has 0 saturated carbocycles. The molecule has 1 aliphatic heterocycles. The lowest BCUT2D eigenvalue weighted by Crippen LogP contribution is -2.32. The Hall–Kier alpha value is -0.220. The van der Waals surface area contributed by atoms with Gasteiger partial charge in [0.05, 0.1) is 0 Å². The number of likely N-dealkylation sites (N-methyl/N-ethyl adjacent to an activating group) is 1.